The van der Waals surface area contributed by atoms with Crippen LogP contribution >= 0.6 is 11.6 Å². The highest BCUT2D eigenvalue weighted by molar-refractivity contribution is 6.30. The summed E-state index contributed by atoms with van der Waals surface area (Å²) >= 11 is 5.88. The van der Waals surface area contributed by atoms with E-state index in [1.165, 1.54) is 22.5 Å². The van der Waals surface area contributed by atoms with Gasteiger partial charge in [-0.1, -0.05) is 23.7 Å². The SMILES string of the molecule is Cc1cc(CN)c(C)n1Cc1ccc(Cl)cc1. The van der Waals surface area contributed by atoms with Gasteiger partial charge in [0.15, 0.2) is 0 Å². The lowest BCUT2D eigenvalue weighted by atomic mass is 10.2. The van der Waals surface area contributed by atoms with Crippen LogP contribution in [0.3, 0.4) is 0 Å². The van der Waals surface area contributed by atoms with E-state index < -0.39 is 0 Å². The smallest absolute Gasteiger partial charge is 0.0475 e. The molecule has 0 bridgehead atoms. The predicted molar refractivity (Wildman–Crippen MR) is 72.4 cm³/mol. The molecule has 3 heteroatoms. The number of aryl methyl sites for hydroxylation is 1. The molecule has 0 aliphatic heterocycles. The Morgan fingerprint density at radius 2 is 1.82 bits per heavy atom. The second kappa shape index (κ2) is 4.94. The maximum atomic E-state index is 5.88. The summed E-state index contributed by atoms with van der Waals surface area (Å²) in [6, 6.07) is 10.1. The molecule has 1 aromatic carbocycles. The van der Waals surface area contributed by atoms with E-state index in [0.29, 0.717) is 6.54 Å². The Morgan fingerprint density at radius 3 is 2.35 bits per heavy atom. The van der Waals surface area contributed by atoms with E-state index in [0.717, 1.165) is 11.6 Å². The van der Waals surface area contributed by atoms with Crippen LogP contribution in [0, 0.1) is 13.8 Å². The molecule has 1 heterocycles. The molecular weight excluding hydrogens is 232 g/mol. The van der Waals surface area contributed by atoms with E-state index >= 15 is 0 Å². The largest absolute Gasteiger partial charge is 0.344 e. The van der Waals surface area contributed by atoms with Crippen molar-refractivity contribution in [1.29, 1.82) is 0 Å². The van der Waals surface area contributed by atoms with Gasteiger partial charge in [-0.05, 0) is 43.2 Å². The van der Waals surface area contributed by atoms with Crippen LogP contribution in [0.2, 0.25) is 5.02 Å². The Balaban J connectivity index is 2.29. The van der Waals surface area contributed by atoms with Crippen molar-refractivity contribution in [2.45, 2.75) is 26.9 Å². The van der Waals surface area contributed by atoms with Crippen LogP contribution in [-0.2, 0) is 13.1 Å². The second-order valence-electron chi connectivity index (χ2n) is 4.31. The summed E-state index contributed by atoms with van der Waals surface area (Å²) in [5.41, 5.74) is 10.7. The predicted octanol–water partition coefficient (Wildman–Crippen LogP) is 3.27. The van der Waals surface area contributed by atoms with Crippen LogP contribution in [-0.4, -0.2) is 4.57 Å². The molecule has 0 atom stereocenters. The van der Waals surface area contributed by atoms with Gasteiger partial charge in [0, 0.05) is 29.5 Å². The molecule has 1 aromatic heterocycles. The average Bonchev–Trinajstić information content (AvgIpc) is 2.59. The first-order valence-corrected chi connectivity index (χ1v) is 6.09. The van der Waals surface area contributed by atoms with E-state index in [2.05, 4.69) is 36.6 Å². The number of hydrogen-bond acceptors (Lipinski definition) is 1. The van der Waals surface area contributed by atoms with Crippen LogP contribution < -0.4 is 5.73 Å². The van der Waals surface area contributed by atoms with Gasteiger partial charge in [-0.15, -0.1) is 0 Å². The maximum absolute atomic E-state index is 5.88. The first-order valence-electron chi connectivity index (χ1n) is 5.72. The summed E-state index contributed by atoms with van der Waals surface area (Å²) in [6.07, 6.45) is 0. The average molecular weight is 249 g/mol. The summed E-state index contributed by atoms with van der Waals surface area (Å²) in [6.45, 7) is 5.70. The van der Waals surface area contributed by atoms with Crippen LogP contribution in [0.15, 0.2) is 30.3 Å². The van der Waals surface area contributed by atoms with E-state index in [9.17, 15) is 0 Å². The molecule has 0 fully saturated rings. The molecule has 17 heavy (non-hydrogen) atoms. The fraction of sp³-hybridized carbons (Fsp3) is 0.286. The molecule has 0 saturated carbocycles. The third kappa shape index (κ3) is 2.54. The van der Waals surface area contributed by atoms with Crippen molar-refractivity contribution < 1.29 is 0 Å². The Labute approximate surface area is 107 Å². The zero-order valence-electron chi connectivity index (χ0n) is 10.2. The van der Waals surface area contributed by atoms with Crippen molar-refractivity contribution >= 4 is 11.6 Å². The summed E-state index contributed by atoms with van der Waals surface area (Å²) in [5, 5.41) is 0.775. The van der Waals surface area contributed by atoms with Crippen molar-refractivity contribution in [3.8, 4) is 0 Å². The highest BCUT2D eigenvalue weighted by Crippen LogP contribution is 2.17. The third-order valence-electron chi connectivity index (χ3n) is 3.15. The molecule has 0 amide bonds. The lowest BCUT2D eigenvalue weighted by Gasteiger charge is -2.10. The highest BCUT2D eigenvalue weighted by atomic mass is 35.5. The van der Waals surface area contributed by atoms with Gasteiger partial charge >= 0.3 is 0 Å². The topological polar surface area (TPSA) is 30.9 Å². The summed E-state index contributed by atoms with van der Waals surface area (Å²) < 4.78 is 2.28. The molecule has 2 nitrogen and oxygen atoms in total. The lowest BCUT2D eigenvalue weighted by Crippen LogP contribution is -2.05. The molecule has 2 aromatic rings. The van der Waals surface area contributed by atoms with E-state index in [-0.39, 0.29) is 0 Å². The number of rotatable bonds is 3. The Hall–Kier alpha value is -1.25. The normalized spacial score (nSPS) is 10.8. The number of halogens is 1. The quantitative estimate of drug-likeness (QED) is 0.888. The molecule has 0 spiro atoms. The molecule has 90 valence electrons. The minimum atomic E-state index is 0.598. The lowest BCUT2D eigenvalue weighted by molar-refractivity contribution is 0.744. The summed E-state index contributed by atoms with van der Waals surface area (Å²) in [5.74, 6) is 0. The molecule has 2 N–H and O–H groups in total. The highest BCUT2D eigenvalue weighted by Gasteiger charge is 2.07. The van der Waals surface area contributed by atoms with Crippen LogP contribution in [0.1, 0.15) is 22.5 Å². The molecule has 2 rings (SSSR count). The first-order chi connectivity index (χ1) is 8.11. The Bertz CT molecular complexity index is 512. The molecule has 0 aliphatic rings. The molecular formula is C14H17ClN2. The van der Waals surface area contributed by atoms with Crippen LogP contribution in [0.5, 0.6) is 0 Å². The van der Waals surface area contributed by atoms with Crippen LogP contribution in [0.4, 0.5) is 0 Å². The fourth-order valence-corrected chi connectivity index (χ4v) is 2.22. The second-order valence-corrected chi connectivity index (χ2v) is 4.75. The van der Waals surface area contributed by atoms with Crippen molar-refractivity contribution in [1.82, 2.24) is 4.57 Å². The minimum absolute atomic E-state index is 0.598. The van der Waals surface area contributed by atoms with Crippen molar-refractivity contribution in [3.05, 3.63) is 57.9 Å². The van der Waals surface area contributed by atoms with Gasteiger partial charge in [0.05, 0.1) is 0 Å². The van der Waals surface area contributed by atoms with Crippen molar-refractivity contribution in [3.63, 3.8) is 0 Å². The van der Waals surface area contributed by atoms with Crippen molar-refractivity contribution in [2.24, 2.45) is 5.73 Å². The van der Waals surface area contributed by atoms with Crippen molar-refractivity contribution in [2.75, 3.05) is 0 Å². The van der Waals surface area contributed by atoms with Crippen LogP contribution in [0.25, 0.3) is 0 Å². The Kier molecular flexibility index (Phi) is 3.55. The molecule has 0 aliphatic carbocycles. The van der Waals surface area contributed by atoms with E-state index in [1.807, 2.05) is 12.1 Å². The van der Waals surface area contributed by atoms with E-state index in [4.69, 9.17) is 17.3 Å². The Morgan fingerprint density at radius 1 is 1.18 bits per heavy atom. The maximum Gasteiger partial charge on any atom is 0.0475 e. The third-order valence-corrected chi connectivity index (χ3v) is 3.40. The standard InChI is InChI=1S/C14H17ClN2/c1-10-7-13(8-16)11(2)17(10)9-12-3-5-14(15)6-4-12/h3-7H,8-9,16H2,1-2H3. The van der Waals surface area contributed by atoms with Gasteiger partial charge in [0.1, 0.15) is 0 Å². The van der Waals surface area contributed by atoms with Gasteiger partial charge < -0.3 is 10.3 Å². The van der Waals surface area contributed by atoms with Gasteiger partial charge in [-0.2, -0.15) is 0 Å². The number of aromatic nitrogens is 1. The van der Waals surface area contributed by atoms with Gasteiger partial charge in [-0.25, -0.2) is 0 Å². The van der Waals surface area contributed by atoms with Gasteiger partial charge in [0.2, 0.25) is 0 Å². The number of hydrogen-bond donors (Lipinski definition) is 1. The molecule has 0 unspecified atom stereocenters. The van der Waals surface area contributed by atoms with E-state index in [1.54, 1.807) is 0 Å². The minimum Gasteiger partial charge on any atom is -0.344 e. The number of nitrogens with zero attached hydrogens (tertiary/aromatic N) is 1. The number of nitrogens with two attached hydrogens (primary N) is 1. The fourth-order valence-electron chi connectivity index (χ4n) is 2.09. The van der Waals surface area contributed by atoms with Gasteiger partial charge in [0.25, 0.3) is 0 Å². The number of benzene rings is 1. The molecule has 0 saturated heterocycles. The zero-order chi connectivity index (χ0) is 12.4. The monoisotopic (exact) mass is 248 g/mol. The summed E-state index contributed by atoms with van der Waals surface area (Å²) in [4.78, 5) is 0. The molecule has 0 radical (unpaired) electrons. The first kappa shape index (κ1) is 12.2. The summed E-state index contributed by atoms with van der Waals surface area (Å²) in [7, 11) is 0. The van der Waals surface area contributed by atoms with Gasteiger partial charge in [-0.3, -0.25) is 0 Å². The zero-order valence-corrected chi connectivity index (χ0v) is 11.0.